The van der Waals surface area contributed by atoms with Gasteiger partial charge in [-0.25, -0.2) is 0 Å². The molecule has 2 saturated heterocycles. The Balaban J connectivity index is 1.18. The molecule has 0 saturated carbocycles. The third-order valence-electron chi connectivity index (χ3n) is 13.3. The minimum Gasteiger partial charge on any atom is -0.369 e. The van der Waals surface area contributed by atoms with E-state index in [-0.39, 0.29) is 73.2 Å². The lowest BCUT2D eigenvalue weighted by Crippen LogP contribution is -2.34. The van der Waals surface area contributed by atoms with Crippen LogP contribution in [-0.4, -0.2) is 110 Å². The van der Waals surface area contributed by atoms with E-state index in [0.29, 0.717) is 13.2 Å². The van der Waals surface area contributed by atoms with Gasteiger partial charge in [0.1, 0.15) is 25.8 Å². The highest BCUT2D eigenvalue weighted by atomic mass is 32.2. The van der Waals surface area contributed by atoms with Gasteiger partial charge in [0, 0.05) is 29.4 Å². The van der Waals surface area contributed by atoms with E-state index in [1.807, 2.05) is 13.8 Å². The molecule has 0 aliphatic carbocycles. The van der Waals surface area contributed by atoms with Crippen LogP contribution in [0.1, 0.15) is 127 Å². The molecule has 2 fully saturated rings. The molecule has 2 aromatic carbocycles. The van der Waals surface area contributed by atoms with E-state index in [0.717, 1.165) is 139 Å². The maximum atomic E-state index is 12.5. The summed E-state index contributed by atoms with van der Waals surface area (Å²) in [6.45, 7) is 20.3. The molecule has 6 atom stereocenters. The molecular formula is C56H94O12S2Si2. The number of ether oxygens (including phenoxy) is 6. The third-order valence-corrected chi connectivity index (χ3v) is 19.3. The van der Waals surface area contributed by atoms with Gasteiger partial charge in [0.25, 0.3) is 20.2 Å². The largest absolute Gasteiger partial charge is 0.369 e. The Morgan fingerprint density at radius 1 is 0.500 bits per heavy atom. The Hall–Kier alpha value is -2.07. The lowest BCUT2D eigenvalue weighted by atomic mass is 10.0. The molecule has 72 heavy (non-hydrogen) atoms. The molecule has 0 aromatic heterocycles. The van der Waals surface area contributed by atoms with E-state index >= 15 is 0 Å². The van der Waals surface area contributed by atoms with Crippen molar-refractivity contribution in [3.05, 3.63) is 84.0 Å². The van der Waals surface area contributed by atoms with Crippen LogP contribution >= 0.6 is 0 Å². The summed E-state index contributed by atoms with van der Waals surface area (Å²) in [5.74, 6) is 0. The summed E-state index contributed by atoms with van der Waals surface area (Å²) in [5.41, 5.74) is 2.02. The number of allylic oxidation sites excluding steroid dienone is 2. The van der Waals surface area contributed by atoms with Crippen molar-refractivity contribution in [3.8, 4) is 0 Å². The van der Waals surface area contributed by atoms with E-state index in [4.69, 9.17) is 36.8 Å². The Labute approximate surface area is 438 Å². The van der Waals surface area contributed by atoms with E-state index in [9.17, 15) is 16.8 Å². The van der Waals surface area contributed by atoms with Gasteiger partial charge in [-0.15, -0.1) is 0 Å². The molecule has 0 spiro atoms. The molecule has 0 unspecified atom stereocenters. The minimum atomic E-state index is -3.71. The molecule has 2 aliphatic rings. The van der Waals surface area contributed by atoms with Crippen LogP contribution < -0.4 is 0 Å². The molecule has 0 radical (unpaired) electrons. The fraction of sp³-hybridized carbons (Fsp3) is 0.714. The second-order valence-electron chi connectivity index (χ2n) is 22.4. The van der Waals surface area contributed by atoms with Crippen molar-refractivity contribution in [1.29, 1.82) is 0 Å². The van der Waals surface area contributed by atoms with Crippen molar-refractivity contribution < 1.29 is 53.6 Å². The maximum Gasteiger partial charge on any atom is 0.296 e. The molecule has 0 bridgehead atoms. The standard InChI is InChI=1S/C56H94O12S2Si2/c1-47-27-31-49(32-28-47)69(57,58)65-39-23-19-15-11-9-13-17-21-25-51(63-45-61-41-43-71(3,4)5)53-35-37-55(67-53)56-38-36-54(68-56)52(64-46-62-42-44-72(6,7)8)26-22-18-14-10-12-16-20-24-40-66-70(59,60)50-33-29-48(2)30-34-50/h21-22,25-34,51-56H,9-20,23-24,35-46H2,1-8H3/b25-21+,26-22+/t51-,52-,53-,54-,55-,56-/m1/s1. The van der Waals surface area contributed by atoms with Crippen LogP contribution in [0, 0.1) is 13.8 Å². The van der Waals surface area contributed by atoms with Gasteiger partial charge in [-0.1, -0.05) is 150 Å². The van der Waals surface area contributed by atoms with E-state index in [1.165, 1.54) is 0 Å². The fourth-order valence-electron chi connectivity index (χ4n) is 8.60. The number of hydrogen-bond acceptors (Lipinski definition) is 12. The van der Waals surface area contributed by atoms with Gasteiger partial charge in [0.05, 0.1) is 47.4 Å². The molecule has 16 heteroatoms. The van der Waals surface area contributed by atoms with Crippen LogP contribution in [0.5, 0.6) is 0 Å². The highest BCUT2D eigenvalue weighted by Crippen LogP contribution is 2.35. The van der Waals surface area contributed by atoms with Gasteiger partial charge in [0.2, 0.25) is 0 Å². The zero-order valence-electron chi connectivity index (χ0n) is 45.5. The first-order chi connectivity index (χ1) is 34.3. The predicted octanol–water partition coefficient (Wildman–Crippen LogP) is 13.5. The monoisotopic (exact) mass is 1080 g/mol. The molecular weight excluding hydrogens is 985 g/mol. The zero-order valence-corrected chi connectivity index (χ0v) is 49.1. The van der Waals surface area contributed by atoms with Crippen molar-refractivity contribution in [2.45, 2.75) is 227 Å². The number of rotatable bonds is 39. The smallest absolute Gasteiger partial charge is 0.296 e. The molecule has 0 amide bonds. The quantitative estimate of drug-likeness (QED) is 0.0207. The summed E-state index contributed by atoms with van der Waals surface area (Å²) in [5, 5.41) is 0. The molecule has 12 nitrogen and oxygen atoms in total. The van der Waals surface area contributed by atoms with Crippen LogP contribution in [0.2, 0.25) is 51.4 Å². The summed E-state index contributed by atoms with van der Waals surface area (Å²) < 4.78 is 98.6. The van der Waals surface area contributed by atoms with Crippen molar-refractivity contribution in [2.24, 2.45) is 0 Å². The summed E-state index contributed by atoms with van der Waals surface area (Å²) in [6, 6.07) is 15.7. The van der Waals surface area contributed by atoms with E-state index < -0.39 is 36.4 Å². The molecule has 2 aliphatic heterocycles. The Morgan fingerprint density at radius 3 is 1.21 bits per heavy atom. The van der Waals surface area contributed by atoms with Gasteiger partial charge in [-0.05, 0) is 114 Å². The van der Waals surface area contributed by atoms with Crippen molar-refractivity contribution in [2.75, 3.05) is 40.0 Å². The highest BCUT2D eigenvalue weighted by molar-refractivity contribution is 7.87. The number of aryl methyl sites for hydroxylation is 2. The summed E-state index contributed by atoms with van der Waals surface area (Å²) in [7, 11) is -9.85. The Morgan fingerprint density at radius 2 is 0.847 bits per heavy atom. The van der Waals surface area contributed by atoms with E-state index in [1.54, 1.807) is 48.5 Å². The highest BCUT2D eigenvalue weighted by Gasteiger charge is 2.41. The van der Waals surface area contributed by atoms with Crippen LogP contribution in [0.3, 0.4) is 0 Å². The number of hydrogen-bond donors (Lipinski definition) is 0. The van der Waals surface area contributed by atoms with Crippen molar-refractivity contribution in [1.82, 2.24) is 0 Å². The SMILES string of the molecule is Cc1ccc(S(=O)(=O)OCCCCCCCC/C=C/[C@@H](OCOCC[Si](C)(C)C)[C@H]2CC[C@H]([C@H]3CC[C@H]([C@@H](/C=C/CCCCCCCCOS(=O)(=O)c4ccc(C)cc4)OCOCC[Si](C)(C)C)O3)O2)cc1. The van der Waals surface area contributed by atoms with Gasteiger partial charge < -0.3 is 28.4 Å². The van der Waals surface area contributed by atoms with Gasteiger partial charge in [0.15, 0.2) is 0 Å². The summed E-state index contributed by atoms with van der Waals surface area (Å²) in [4.78, 5) is 0.413. The maximum absolute atomic E-state index is 12.5. The van der Waals surface area contributed by atoms with Gasteiger partial charge in [-0.3, -0.25) is 8.37 Å². The minimum absolute atomic E-state index is 0.0118. The predicted molar refractivity (Wildman–Crippen MR) is 295 cm³/mol. The molecule has 2 heterocycles. The normalized spacial score (nSPS) is 20.1. The molecule has 2 aromatic rings. The Kier molecular flexibility index (Phi) is 28.8. The molecule has 4 rings (SSSR count). The lowest BCUT2D eigenvalue weighted by molar-refractivity contribution is -0.146. The van der Waals surface area contributed by atoms with Crippen molar-refractivity contribution in [3.63, 3.8) is 0 Å². The fourth-order valence-corrected chi connectivity index (χ4v) is 12.0. The first-order valence-electron chi connectivity index (χ1n) is 27.3. The van der Waals surface area contributed by atoms with Crippen molar-refractivity contribution >= 4 is 36.4 Å². The average Bonchev–Trinajstić information content (AvgIpc) is 4.02. The van der Waals surface area contributed by atoms with Crippen LogP contribution in [0.15, 0.2) is 82.6 Å². The second kappa shape index (κ2) is 33.2. The van der Waals surface area contributed by atoms with Crippen LogP contribution in [-0.2, 0) is 57.0 Å². The number of benzene rings is 2. The van der Waals surface area contributed by atoms with Crippen LogP contribution in [0.25, 0.3) is 0 Å². The summed E-state index contributed by atoms with van der Waals surface area (Å²) >= 11 is 0. The van der Waals surface area contributed by atoms with Crippen LogP contribution in [0.4, 0.5) is 0 Å². The zero-order chi connectivity index (χ0) is 52.3. The molecule has 410 valence electrons. The summed E-state index contributed by atoms with van der Waals surface area (Å²) in [6.07, 6.45) is 25.7. The second-order valence-corrected chi connectivity index (χ2v) is 36.8. The first-order valence-corrected chi connectivity index (χ1v) is 37.5. The Bertz CT molecular complexity index is 1900. The first kappa shape index (κ1) is 62.5. The average molecular weight is 1080 g/mol. The topological polar surface area (TPSA) is 142 Å². The lowest BCUT2D eigenvalue weighted by Gasteiger charge is -2.26. The molecule has 0 N–H and O–H groups in total. The van der Waals surface area contributed by atoms with Gasteiger partial charge >= 0.3 is 0 Å². The van der Waals surface area contributed by atoms with E-state index in [2.05, 4.69) is 63.6 Å². The third kappa shape index (κ3) is 26.1. The van der Waals surface area contributed by atoms with Gasteiger partial charge in [-0.2, -0.15) is 16.8 Å². The number of unbranched alkanes of at least 4 members (excludes halogenated alkanes) is 12.